The summed E-state index contributed by atoms with van der Waals surface area (Å²) in [6, 6.07) is 16.3. The van der Waals surface area contributed by atoms with Gasteiger partial charge < -0.3 is 14.4 Å². The molecule has 0 amide bonds. The predicted octanol–water partition coefficient (Wildman–Crippen LogP) is 3.48. The van der Waals surface area contributed by atoms with E-state index in [4.69, 9.17) is 4.74 Å². The van der Waals surface area contributed by atoms with Gasteiger partial charge in [0.1, 0.15) is 5.82 Å². The van der Waals surface area contributed by atoms with Crippen molar-refractivity contribution in [2.45, 2.75) is 12.1 Å². The molecule has 27 heavy (non-hydrogen) atoms. The molecule has 2 atom stereocenters. The molecule has 2 aromatic carbocycles. The van der Waals surface area contributed by atoms with Crippen molar-refractivity contribution in [1.82, 2.24) is 9.47 Å². The van der Waals surface area contributed by atoms with Crippen molar-refractivity contribution in [1.29, 1.82) is 0 Å². The zero-order chi connectivity index (χ0) is 17.9. The van der Waals surface area contributed by atoms with Crippen molar-refractivity contribution in [2.24, 2.45) is 0 Å². The fourth-order valence-electron chi connectivity index (χ4n) is 3.75. The van der Waals surface area contributed by atoms with Gasteiger partial charge in [0.25, 0.3) is 0 Å². The van der Waals surface area contributed by atoms with Crippen LogP contribution in [0.15, 0.2) is 60.8 Å². The molecule has 1 aliphatic rings. The Balaban J connectivity index is 0.00000210. The van der Waals surface area contributed by atoms with E-state index in [2.05, 4.69) is 9.47 Å². The highest BCUT2D eigenvalue weighted by Crippen LogP contribution is 2.29. The first kappa shape index (κ1) is 19.8. The molecular formula is C21H24ClFN2O2. The first-order valence-electron chi connectivity index (χ1n) is 9.01. The van der Waals surface area contributed by atoms with E-state index in [1.165, 1.54) is 12.1 Å². The predicted molar refractivity (Wildman–Crippen MR) is 107 cm³/mol. The lowest BCUT2D eigenvalue weighted by molar-refractivity contribution is 0.00700. The topological polar surface area (TPSA) is 37.6 Å². The van der Waals surface area contributed by atoms with Gasteiger partial charge in [-0.15, -0.1) is 12.4 Å². The maximum atomic E-state index is 13.9. The second-order valence-corrected chi connectivity index (χ2v) is 6.76. The van der Waals surface area contributed by atoms with E-state index in [1.807, 2.05) is 42.6 Å². The summed E-state index contributed by atoms with van der Waals surface area (Å²) >= 11 is 0. The summed E-state index contributed by atoms with van der Waals surface area (Å²) in [5.74, 6) is -0.289. The summed E-state index contributed by atoms with van der Waals surface area (Å²) in [5.41, 5.74) is 1.80. The van der Waals surface area contributed by atoms with Gasteiger partial charge in [0, 0.05) is 31.3 Å². The summed E-state index contributed by atoms with van der Waals surface area (Å²) < 4.78 is 21.3. The van der Waals surface area contributed by atoms with Gasteiger partial charge in [-0.2, -0.15) is 0 Å². The number of hydrogen-bond acceptors (Lipinski definition) is 3. The van der Waals surface area contributed by atoms with Crippen molar-refractivity contribution in [3.63, 3.8) is 0 Å². The SMILES string of the molecule is Cl.O[C@H](CN1CCOCC1)[C@H](c1cccc(F)c1)n1ccc2ccccc21. The Labute approximate surface area is 164 Å². The minimum Gasteiger partial charge on any atom is -0.389 e. The fraction of sp³-hybridized carbons (Fsp3) is 0.333. The molecule has 0 radical (unpaired) electrons. The van der Waals surface area contributed by atoms with Crippen molar-refractivity contribution in [3.8, 4) is 0 Å². The van der Waals surface area contributed by atoms with Gasteiger partial charge in [0.2, 0.25) is 0 Å². The molecule has 1 aliphatic heterocycles. The molecule has 0 unspecified atom stereocenters. The normalized spacial score (nSPS) is 17.4. The molecule has 144 valence electrons. The second kappa shape index (κ2) is 8.85. The Kier molecular flexibility index (Phi) is 6.50. The number of rotatable bonds is 5. The van der Waals surface area contributed by atoms with E-state index in [1.54, 1.807) is 6.07 Å². The summed E-state index contributed by atoms with van der Waals surface area (Å²) in [6.07, 6.45) is 1.31. The smallest absolute Gasteiger partial charge is 0.123 e. The summed E-state index contributed by atoms with van der Waals surface area (Å²) in [7, 11) is 0. The highest BCUT2D eigenvalue weighted by molar-refractivity contribution is 5.85. The number of aromatic nitrogens is 1. The molecule has 1 aromatic heterocycles. The lowest BCUT2D eigenvalue weighted by Crippen LogP contribution is -2.43. The molecule has 0 aliphatic carbocycles. The van der Waals surface area contributed by atoms with Gasteiger partial charge in [0.05, 0.1) is 25.4 Å². The summed E-state index contributed by atoms with van der Waals surface area (Å²) in [6.45, 7) is 3.50. The lowest BCUT2D eigenvalue weighted by Gasteiger charge is -2.33. The molecule has 1 fully saturated rings. The Bertz CT molecular complexity index is 879. The highest BCUT2D eigenvalue weighted by Gasteiger charge is 2.27. The summed E-state index contributed by atoms with van der Waals surface area (Å²) in [5, 5.41) is 12.2. The Morgan fingerprint density at radius 2 is 1.81 bits per heavy atom. The second-order valence-electron chi connectivity index (χ2n) is 6.76. The van der Waals surface area contributed by atoms with E-state index < -0.39 is 6.10 Å². The van der Waals surface area contributed by atoms with Crippen LogP contribution in [0.25, 0.3) is 10.9 Å². The number of para-hydroxylation sites is 1. The number of fused-ring (bicyclic) bond motifs is 1. The van der Waals surface area contributed by atoms with Crippen LogP contribution >= 0.6 is 12.4 Å². The van der Waals surface area contributed by atoms with E-state index in [0.717, 1.165) is 29.6 Å². The molecule has 1 saturated heterocycles. The number of nitrogens with zero attached hydrogens (tertiary/aromatic N) is 2. The van der Waals surface area contributed by atoms with Crippen LogP contribution in [0.1, 0.15) is 11.6 Å². The van der Waals surface area contributed by atoms with Crippen molar-refractivity contribution < 1.29 is 14.2 Å². The average molecular weight is 391 g/mol. The molecule has 3 aromatic rings. The van der Waals surface area contributed by atoms with Crippen LogP contribution < -0.4 is 0 Å². The third-order valence-electron chi connectivity index (χ3n) is 5.03. The van der Waals surface area contributed by atoms with Crippen LogP contribution in [-0.2, 0) is 4.74 Å². The van der Waals surface area contributed by atoms with Crippen LogP contribution in [-0.4, -0.2) is 53.5 Å². The molecule has 6 heteroatoms. The minimum atomic E-state index is -0.661. The van der Waals surface area contributed by atoms with Crippen molar-refractivity contribution in [3.05, 3.63) is 72.2 Å². The number of halogens is 2. The Morgan fingerprint density at radius 3 is 2.59 bits per heavy atom. The maximum Gasteiger partial charge on any atom is 0.123 e. The minimum absolute atomic E-state index is 0. The number of benzene rings is 2. The number of ether oxygens (including phenoxy) is 1. The van der Waals surface area contributed by atoms with E-state index >= 15 is 0 Å². The fourth-order valence-corrected chi connectivity index (χ4v) is 3.75. The number of morpholine rings is 1. The van der Waals surface area contributed by atoms with Crippen LogP contribution in [0.3, 0.4) is 0 Å². The van der Waals surface area contributed by atoms with Gasteiger partial charge in [-0.05, 0) is 35.2 Å². The first-order valence-corrected chi connectivity index (χ1v) is 9.01. The van der Waals surface area contributed by atoms with Crippen LogP contribution in [0, 0.1) is 5.82 Å². The van der Waals surface area contributed by atoms with Gasteiger partial charge in [0.15, 0.2) is 0 Å². The number of aliphatic hydroxyl groups excluding tert-OH is 1. The van der Waals surface area contributed by atoms with Gasteiger partial charge in [-0.1, -0.05) is 30.3 Å². The zero-order valence-electron chi connectivity index (χ0n) is 15.0. The molecule has 0 bridgehead atoms. The quantitative estimate of drug-likeness (QED) is 0.724. The molecule has 1 N–H and O–H groups in total. The van der Waals surface area contributed by atoms with E-state index in [-0.39, 0.29) is 24.3 Å². The monoisotopic (exact) mass is 390 g/mol. The molecule has 2 heterocycles. The Hall–Kier alpha value is -1.92. The van der Waals surface area contributed by atoms with Gasteiger partial charge >= 0.3 is 0 Å². The number of hydrogen-bond donors (Lipinski definition) is 1. The molecule has 4 rings (SSSR count). The van der Waals surface area contributed by atoms with Crippen LogP contribution in [0.4, 0.5) is 4.39 Å². The first-order chi connectivity index (χ1) is 12.7. The molecule has 0 saturated carbocycles. The summed E-state index contributed by atoms with van der Waals surface area (Å²) in [4.78, 5) is 2.20. The molecule has 4 nitrogen and oxygen atoms in total. The van der Waals surface area contributed by atoms with Gasteiger partial charge in [-0.25, -0.2) is 4.39 Å². The van der Waals surface area contributed by atoms with Gasteiger partial charge in [-0.3, -0.25) is 4.90 Å². The highest BCUT2D eigenvalue weighted by atomic mass is 35.5. The molecule has 0 spiro atoms. The number of β-amino-alcohol motifs (C(OH)–C–C–N with tert-alkyl or cyclic N) is 1. The average Bonchev–Trinajstić information content (AvgIpc) is 3.07. The van der Waals surface area contributed by atoms with Crippen LogP contribution in [0.2, 0.25) is 0 Å². The molecular weight excluding hydrogens is 367 g/mol. The van der Waals surface area contributed by atoms with Crippen LogP contribution in [0.5, 0.6) is 0 Å². The maximum absolute atomic E-state index is 13.9. The Morgan fingerprint density at radius 1 is 1.04 bits per heavy atom. The standard InChI is InChI=1S/C21H23FN2O2.ClH/c22-18-6-3-5-17(14-18)21(20(25)15-23-10-12-26-13-11-23)24-9-8-16-4-1-2-7-19(16)24;/h1-9,14,20-21,25H,10-13,15H2;1H/t20-,21+;/m1./s1. The third kappa shape index (κ3) is 4.33. The lowest BCUT2D eigenvalue weighted by atomic mass is 10.00. The zero-order valence-corrected chi connectivity index (χ0v) is 15.8. The third-order valence-corrected chi connectivity index (χ3v) is 5.03. The van der Waals surface area contributed by atoms with E-state index in [9.17, 15) is 9.50 Å². The largest absolute Gasteiger partial charge is 0.389 e. The van der Waals surface area contributed by atoms with Crippen molar-refractivity contribution in [2.75, 3.05) is 32.8 Å². The van der Waals surface area contributed by atoms with Crippen molar-refractivity contribution >= 4 is 23.3 Å². The van der Waals surface area contributed by atoms with E-state index in [0.29, 0.717) is 19.8 Å². The number of aliphatic hydroxyl groups is 1.